The van der Waals surface area contributed by atoms with Gasteiger partial charge in [0.1, 0.15) is 17.5 Å². The number of nitrogens with one attached hydrogen (secondary N) is 2. The van der Waals surface area contributed by atoms with Crippen molar-refractivity contribution in [1.29, 1.82) is 5.26 Å². The first-order chi connectivity index (χ1) is 22.1. The van der Waals surface area contributed by atoms with E-state index in [-0.39, 0.29) is 30.0 Å². The first kappa shape index (κ1) is 29.8. The molecule has 0 unspecified atom stereocenters. The monoisotopic (exact) mass is 606 g/mol. The molecule has 13 heteroatoms. The number of nitriles is 1. The van der Waals surface area contributed by atoms with Gasteiger partial charge in [-0.2, -0.15) is 10.2 Å². The molecule has 230 valence electrons. The molecule has 0 bridgehead atoms. The number of rotatable bonds is 11. The average Bonchev–Trinajstić information content (AvgIpc) is 3.07. The van der Waals surface area contributed by atoms with E-state index in [1.807, 2.05) is 30.3 Å². The maximum absolute atomic E-state index is 13.8. The minimum atomic E-state index is -0.0563. The molecule has 2 aliphatic rings. The van der Waals surface area contributed by atoms with Crippen molar-refractivity contribution in [3.8, 4) is 23.2 Å². The highest BCUT2D eigenvalue weighted by Gasteiger charge is 2.32. The lowest BCUT2D eigenvalue weighted by molar-refractivity contribution is -0.119. The maximum Gasteiger partial charge on any atom is 0.316 e. The van der Waals surface area contributed by atoms with Crippen molar-refractivity contribution in [2.24, 2.45) is 0 Å². The zero-order valence-electron chi connectivity index (χ0n) is 25.0. The van der Waals surface area contributed by atoms with Gasteiger partial charge >= 0.3 is 6.01 Å². The summed E-state index contributed by atoms with van der Waals surface area (Å²) < 4.78 is 10.3. The van der Waals surface area contributed by atoms with Gasteiger partial charge in [0.05, 0.1) is 32.6 Å². The van der Waals surface area contributed by atoms with Crippen LogP contribution in [0.3, 0.4) is 0 Å². The van der Waals surface area contributed by atoms with Crippen molar-refractivity contribution in [3.63, 3.8) is 0 Å². The molecule has 3 aromatic heterocycles. The smallest absolute Gasteiger partial charge is 0.316 e. The van der Waals surface area contributed by atoms with Crippen LogP contribution in [0.5, 0.6) is 6.01 Å². The van der Waals surface area contributed by atoms with E-state index in [9.17, 15) is 10.1 Å². The first-order valence-electron chi connectivity index (χ1n) is 15.0. The van der Waals surface area contributed by atoms with E-state index < -0.39 is 0 Å². The van der Waals surface area contributed by atoms with Crippen LogP contribution in [-0.4, -0.2) is 74.3 Å². The van der Waals surface area contributed by atoms with E-state index in [0.717, 1.165) is 42.4 Å². The van der Waals surface area contributed by atoms with E-state index in [4.69, 9.17) is 9.47 Å². The molecule has 1 amide bonds. The highest BCUT2D eigenvalue weighted by molar-refractivity contribution is 5.92. The maximum atomic E-state index is 13.8. The number of ether oxygens (including phenoxy) is 2. The fraction of sp³-hybridized carbons (Fsp3) is 0.375. The highest BCUT2D eigenvalue weighted by Crippen LogP contribution is 2.29. The third-order valence-corrected chi connectivity index (χ3v) is 8.02. The Morgan fingerprint density at radius 1 is 0.933 bits per heavy atom. The molecule has 45 heavy (non-hydrogen) atoms. The molecule has 1 saturated heterocycles. The number of hydrogen-bond acceptors (Lipinski definition) is 12. The van der Waals surface area contributed by atoms with Crippen LogP contribution in [0, 0.1) is 11.3 Å². The zero-order chi connectivity index (χ0) is 31.0. The molecule has 6 rings (SSSR count). The molecule has 0 radical (unpaired) electrons. The summed E-state index contributed by atoms with van der Waals surface area (Å²) in [5, 5.41) is 16.2. The van der Waals surface area contributed by atoms with Crippen molar-refractivity contribution in [2.75, 3.05) is 35.9 Å². The Bertz CT molecular complexity index is 1620. The Morgan fingerprint density at radius 2 is 1.62 bits per heavy atom. The lowest BCUT2D eigenvalue weighted by atomic mass is 9.90. The van der Waals surface area contributed by atoms with Gasteiger partial charge in [-0.15, -0.1) is 0 Å². The topological polar surface area (TPSA) is 164 Å². The van der Waals surface area contributed by atoms with Crippen molar-refractivity contribution < 1.29 is 14.3 Å². The Morgan fingerprint density at radius 3 is 2.24 bits per heavy atom. The molecule has 1 aliphatic carbocycles. The summed E-state index contributed by atoms with van der Waals surface area (Å²) >= 11 is 0. The van der Waals surface area contributed by atoms with Crippen LogP contribution in [-0.2, 0) is 16.0 Å². The standard InChI is InChI=1S/C32H34N10O3/c1-44-32-37-17-24(18-38-32)23-15-35-31(36-16-23)42(28(43)12-7-21-5-3-2-4-6-21)27-10-8-25(9-11-27)40-30-34-14-22(13-33)29(41-30)39-26-19-45-20-26/h2-6,14-18,25-27H,7-12,19-20H2,1H3,(H2,34,39,40,41)/t25-,27-. The third-order valence-electron chi connectivity index (χ3n) is 8.02. The summed E-state index contributed by atoms with van der Waals surface area (Å²) in [6.07, 6.45) is 12.3. The largest absolute Gasteiger partial charge is 0.467 e. The molecule has 0 spiro atoms. The van der Waals surface area contributed by atoms with E-state index in [1.165, 1.54) is 13.3 Å². The van der Waals surface area contributed by atoms with Gasteiger partial charge in [0.2, 0.25) is 17.8 Å². The molecule has 0 atom stereocenters. The van der Waals surface area contributed by atoms with E-state index in [1.54, 1.807) is 29.7 Å². The van der Waals surface area contributed by atoms with E-state index in [0.29, 0.717) is 49.3 Å². The molecule has 2 fully saturated rings. The number of anilines is 3. The SMILES string of the molecule is COc1ncc(-c2cnc(N(C(=O)CCc3ccccc3)[C@H]3CC[C@H](Nc4ncc(C#N)c(NC5COC5)n4)CC3)nc2)cn1. The minimum Gasteiger partial charge on any atom is -0.467 e. The van der Waals surface area contributed by atoms with Gasteiger partial charge in [0.15, 0.2) is 0 Å². The van der Waals surface area contributed by atoms with Crippen LogP contribution in [0.2, 0.25) is 0 Å². The summed E-state index contributed by atoms with van der Waals surface area (Å²) in [6.45, 7) is 1.18. The van der Waals surface area contributed by atoms with Gasteiger partial charge in [-0.1, -0.05) is 30.3 Å². The molecule has 13 nitrogen and oxygen atoms in total. The Labute approximate surface area is 261 Å². The van der Waals surface area contributed by atoms with Crippen molar-refractivity contribution in [3.05, 3.63) is 72.4 Å². The molecule has 1 saturated carbocycles. The second-order valence-corrected chi connectivity index (χ2v) is 11.1. The molecule has 1 aliphatic heterocycles. The summed E-state index contributed by atoms with van der Waals surface area (Å²) in [5.41, 5.74) is 2.99. The molecular formula is C32H34N10O3. The van der Waals surface area contributed by atoms with Crippen molar-refractivity contribution in [1.82, 2.24) is 29.9 Å². The van der Waals surface area contributed by atoms with Gasteiger partial charge in [-0.05, 0) is 37.7 Å². The number of aromatic nitrogens is 6. The van der Waals surface area contributed by atoms with Gasteiger partial charge in [-0.25, -0.2) is 24.9 Å². The van der Waals surface area contributed by atoms with Crippen LogP contribution in [0.1, 0.15) is 43.2 Å². The average molecular weight is 607 g/mol. The second kappa shape index (κ2) is 14.0. The van der Waals surface area contributed by atoms with Crippen LogP contribution in [0.4, 0.5) is 17.7 Å². The van der Waals surface area contributed by atoms with Crippen LogP contribution < -0.4 is 20.3 Å². The molecule has 4 heterocycles. The van der Waals surface area contributed by atoms with E-state index in [2.05, 4.69) is 46.6 Å². The van der Waals surface area contributed by atoms with Crippen molar-refractivity contribution in [2.45, 2.75) is 56.7 Å². The molecule has 2 N–H and O–H groups in total. The highest BCUT2D eigenvalue weighted by atomic mass is 16.5. The zero-order valence-corrected chi connectivity index (χ0v) is 25.0. The summed E-state index contributed by atoms with van der Waals surface area (Å²) in [6, 6.07) is 12.6. The van der Waals surface area contributed by atoms with Gasteiger partial charge in [0.25, 0.3) is 0 Å². The summed E-state index contributed by atoms with van der Waals surface area (Å²) in [7, 11) is 1.51. The number of carbonyl (C=O) groups excluding carboxylic acids is 1. The fourth-order valence-electron chi connectivity index (χ4n) is 5.48. The van der Waals surface area contributed by atoms with Crippen LogP contribution >= 0.6 is 0 Å². The first-order valence-corrected chi connectivity index (χ1v) is 15.0. The molecule has 1 aromatic carbocycles. The number of carbonyl (C=O) groups is 1. The number of nitrogens with zero attached hydrogens (tertiary/aromatic N) is 8. The minimum absolute atomic E-state index is 0.0121. The quantitative estimate of drug-likeness (QED) is 0.254. The summed E-state index contributed by atoms with van der Waals surface area (Å²) in [5.74, 6) is 1.35. The number of hydrogen-bond donors (Lipinski definition) is 2. The van der Waals surface area contributed by atoms with Crippen molar-refractivity contribution >= 4 is 23.6 Å². The normalized spacial score (nSPS) is 17.9. The number of amides is 1. The van der Waals surface area contributed by atoms with Gasteiger partial charge in [-0.3, -0.25) is 9.69 Å². The summed E-state index contributed by atoms with van der Waals surface area (Å²) in [4.78, 5) is 42.1. The van der Waals surface area contributed by atoms with E-state index >= 15 is 0 Å². The lowest BCUT2D eigenvalue weighted by Gasteiger charge is -2.36. The van der Waals surface area contributed by atoms with Gasteiger partial charge in [0, 0.05) is 54.4 Å². The third kappa shape index (κ3) is 7.30. The predicted octanol–water partition coefficient (Wildman–Crippen LogP) is 3.80. The van der Waals surface area contributed by atoms with Crippen LogP contribution in [0.25, 0.3) is 11.1 Å². The number of aryl methyl sites for hydroxylation is 1. The Balaban J connectivity index is 1.15. The van der Waals surface area contributed by atoms with Crippen LogP contribution in [0.15, 0.2) is 61.3 Å². The Kier molecular flexibility index (Phi) is 9.31. The molecule has 4 aromatic rings. The lowest BCUT2D eigenvalue weighted by Crippen LogP contribution is -2.45. The number of benzene rings is 1. The predicted molar refractivity (Wildman–Crippen MR) is 167 cm³/mol. The number of methoxy groups -OCH3 is 1. The fourth-order valence-corrected chi connectivity index (χ4v) is 5.48. The Hall–Kier alpha value is -5.22. The van der Waals surface area contributed by atoms with Gasteiger partial charge < -0.3 is 20.1 Å². The molecular weight excluding hydrogens is 572 g/mol. The second-order valence-electron chi connectivity index (χ2n) is 11.1.